The van der Waals surface area contributed by atoms with Crippen molar-refractivity contribution in [3.8, 4) is 0 Å². The van der Waals surface area contributed by atoms with E-state index in [4.69, 9.17) is 9.97 Å². The Balaban J connectivity index is 1.04. The summed E-state index contributed by atoms with van der Waals surface area (Å²) in [4.78, 5) is 16.3. The van der Waals surface area contributed by atoms with Crippen molar-refractivity contribution < 1.29 is 0 Å². The molecule has 1 aliphatic heterocycles. The van der Waals surface area contributed by atoms with Gasteiger partial charge in [-0.3, -0.25) is 4.68 Å². The van der Waals surface area contributed by atoms with Crippen LogP contribution >= 0.6 is 0 Å². The molecule has 2 aliphatic rings. The van der Waals surface area contributed by atoms with Crippen molar-refractivity contribution in [2.75, 3.05) is 56.0 Å². The molecule has 202 valence electrons. The van der Waals surface area contributed by atoms with Crippen molar-refractivity contribution in [2.24, 2.45) is 7.05 Å². The Morgan fingerprint density at radius 1 is 1.03 bits per heavy atom. The lowest BCUT2D eigenvalue weighted by Gasteiger charge is -2.27. The highest BCUT2D eigenvalue weighted by molar-refractivity contribution is 5.84. The van der Waals surface area contributed by atoms with Crippen LogP contribution in [0.15, 0.2) is 12.5 Å². The highest BCUT2D eigenvalue weighted by atomic mass is 15.4. The summed E-state index contributed by atoms with van der Waals surface area (Å²) >= 11 is 0. The fourth-order valence-corrected chi connectivity index (χ4v) is 5.15. The van der Waals surface area contributed by atoms with E-state index in [2.05, 4.69) is 41.5 Å². The van der Waals surface area contributed by atoms with Gasteiger partial charge in [0.2, 0.25) is 5.95 Å². The summed E-state index contributed by atoms with van der Waals surface area (Å²) in [7, 11) is 1.96. The standard InChI is InChI=1S/C25H42N12/c1-35-19-30-22-23(31-25(32-24(22)35)36-15-12-27-13-16-36)29-17-21-18-37(34-33-21)14-6-10-26-9-5-11-28-20-7-3-2-4-8-20/h18-20,26-28H,2-17H2,1H3,(H,29,31,32). The Labute approximate surface area is 219 Å². The zero-order chi connectivity index (χ0) is 25.3. The van der Waals surface area contributed by atoms with Gasteiger partial charge in [0, 0.05) is 45.8 Å². The van der Waals surface area contributed by atoms with Gasteiger partial charge in [-0.25, -0.2) is 4.98 Å². The summed E-state index contributed by atoms with van der Waals surface area (Å²) in [6, 6.07) is 0.753. The summed E-state index contributed by atoms with van der Waals surface area (Å²) in [5, 5.41) is 22.7. The van der Waals surface area contributed by atoms with Gasteiger partial charge < -0.3 is 30.7 Å². The van der Waals surface area contributed by atoms with Crippen molar-refractivity contribution in [2.45, 2.75) is 64.1 Å². The Hall–Kier alpha value is -2.83. The van der Waals surface area contributed by atoms with Crippen LogP contribution in [-0.4, -0.2) is 86.4 Å². The molecule has 12 nitrogen and oxygen atoms in total. The van der Waals surface area contributed by atoms with Crippen LogP contribution in [-0.2, 0) is 20.1 Å². The summed E-state index contributed by atoms with van der Waals surface area (Å²) < 4.78 is 3.86. The third-order valence-electron chi connectivity index (χ3n) is 7.28. The highest BCUT2D eigenvalue weighted by Gasteiger charge is 2.18. The summed E-state index contributed by atoms with van der Waals surface area (Å²) in [6.45, 7) is 8.21. The zero-order valence-corrected chi connectivity index (χ0v) is 22.1. The summed E-state index contributed by atoms with van der Waals surface area (Å²) in [5.74, 6) is 1.47. The van der Waals surface area contributed by atoms with Crippen LogP contribution in [0.3, 0.4) is 0 Å². The molecule has 1 saturated heterocycles. The molecular formula is C25H42N12. The first-order valence-electron chi connectivity index (χ1n) is 14.0. The van der Waals surface area contributed by atoms with E-state index < -0.39 is 0 Å². The first kappa shape index (κ1) is 25.8. The van der Waals surface area contributed by atoms with Gasteiger partial charge >= 0.3 is 0 Å². The van der Waals surface area contributed by atoms with Crippen LogP contribution in [0, 0.1) is 0 Å². The van der Waals surface area contributed by atoms with Gasteiger partial charge in [0.15, 0.2) is 17.0 Å². The maximum absolute atomic E-state index is 4.81. The smallest absolute Gasteiger partial charge is 0.229 e. The molecule has 0 spiro atoms. The van der Waals surface area contributed by atoms with E-state index in [0.717, 1.165) is 93.4 Å². The largest absolute Gasteiger partial charge is 0.362 e. The maximum atomic E-state index is 4.81. The Morgan fingerprint density at radius 2 is 1.86 bits per heavy atom. The number of aromatic nitrogens is 7. The normalized spacial score (nSPS) is 17.1. The quantitative estimate of drug-likeness (QED) is 0.250. The van der Waals surface area contributed by atoms with E-state index in [1.165, 1.54) is 38.5 Å². The van der Waals surface area contributed by atoms with E-state index in [0.29, 0.717) is 6.54 Å². The van der Waals surface area contributed by atoms with Crippen molar-refractivity contribution in [1.29, 1.82) is 0 Å². The van der Waals surface area contributed by atoms with Crippen LogP contribution in [0.4, 0.5) is 11.8 Å². The van der Waals surface area contributed by atoms with Gasteiger partial charge in [0.1, 0.15) is 5.69 Å². The molecule has 4 N–H and O–H groups in total. The van der Waals surface area contributed by atoms with Crippen LogP contribution in [0.5, 0.6) is 0 Å². The predicted octanol–water partition coefficient (Wildman–Crippen LogP) is 1.27. The molecule has 0 bridgehead atoms. The number of anilines is 2. The van der Waals surface area contributed by atoms with Gasteiger partial charge in [-0.1, -0.05) is 24.5 Å². The van der Waals surface area contributed by atoms with E-state index in [-0.39, 0.29) is 0 Å². The number of piperazine rings is 1. The monoisotopic (exact) mass is 510 g/mol. The number of rotatable bonds is 13. The topological polar surface area (TPSA) is 126 Å². The second-order valence-corrected chi connectivity index (χ2v) is 10.2. The predicted molar refractivity (Wildman–Crippen MR) is 146 cm³/mol. The molecule has 4 heterocycles. The lowest BCUT2D eigenvalue weighted by atomic mass is 9.95. The number of nitrogens with one attached hydrogen (secondary N) is 4. The van der Waals surface area contributed by atoms with E-state index >= 15 is 0 Å². The lowest BCUT2D eigenvalue weighted by molar-refractivity contribution is 0.371. The average molecular weight is 511 g/mol. The van der Waals surface area contributed by atoms with Crippen LogP contribution in [0.25, 0.3) is 11.2 Å². The fraction of sp³-hybridized carbons (Fsp3) is 0.720. The fourth-order valence-electron chi connectivity index (χ4n) is 5.15. The third kappa shape index (κ3) is 7.14. The Morgan fingerprint density at radius 3 is 2.73 bits per heavy atom. The SMILES string of the molecule is Cn1cnc2c(NCc3cn(CCCNCCCNC4CCCCC4)nn3)nc(N3CCNCC3)nc21. The first-order valence-corrected chi connectivity index (χ1v) is 14.0. The van der Waals surface area contributed by atoms with Crippen molar-refractivity contribution in [3.63, 3.8) is 0 Å². The number of hydrogen-bond acceptors (Lipinski definition) is 10. The van der Waals surface area contributed by atoms with E-state index in [1.54, 1.807) is 6.33 Å². The highest BCUT2D eigenvalue weighted by Crippen LogP contribution is 2.23. The number of fused-ring (bicyclic) bond motifs is 1. The molecule has 3 aromatic heterocycles. The zero-order valence-electron chi connectivity index (χ0n) is 22.1. The molecule has 0 aromatic carbocycles. The van der Waals surface area contributed by atoms with Crippen LogP contribution in [0.1, 0.15) is 50.6 Å². The van der Waals surface area contributed by atoms with Crippen molar-refractivity contribution in [3.05, 3.63) is 18.2 Å². The van der Waals surface area contributed by atoms with Crippen molar-refractivity contribution >= 4 is 22.9 Å². The minimum Gasteiger partial charge on any atom is -0.362 e. The molecule has 0 unspecified atom stereocenters. The summed E-state index contributed by atoms with van der Waals surface area (Å²) in [5.41, 5.74) is 2.48. The molecule has 0 amide bonds. The van der Waals surface area contributed by atoms with Gasteiger partial charge in [0.25, 0.3) is 0 Å². The molecule has 2 fully saturated rings. The first-order chi connectivity index (χ1) is 18.3. The molecule has 1 aliphatic carbocycles. The Bertz CT molecular complexity index is 1100. The molecular weight excluding hydrogens is 468 g/mol. The number of aryl methyl sites for hydroxylation is 2. The van der Waals surface area contributed by atoms with E-state index in [9.17, 15) is 0 Å². The van der Waals surface area contributed by atoms with Gasteiger partial charge in [-0.15, -0.1) is 5.10 Å². The molecule has 12 heteroatoms. The second-order valence-electron chi connectivity index (χ2n) is 10.2. The third-order valence-corrected chi connectivity index (χ3v) is 7.28. The number of nitrogens with zero attached hydrogens (tertiary/aromatic N) is 8. The molecule has 3 aromatic rings. The van der Waals surface area contributed by atoms with Crippen molar-refractivity contribution in [1.82, 2.24) is 50.5 Å². The maximum Gasteiger partial charge on any atom is 0.229 e. The van der Waals surface area contributed by atoms with E-state index in [1.807, 2.05) is 22.5 Å². The lowest BCUT2D eigenvalue weighted by Crippen LogP contribution is -2.44. The minimum absolute atomic E-state index is 0.538. The second kappa shape index (κ2) is 13.1. The Kier molecular flexibility index (Phi) is 9.14. The van der Waals surface area contributed by atoms with Gasteiger partial charge in [-0.2, -0.15) is 9.97 Å². The van der Waals surface area contributed by atoms with Gasteiger partial charge in [-0.05, 0) is 45.3 Å². The molecule has 1 saturated carbocycles. The van der Waals surface area contributed by atoms with Crippen LogP contribution in [0.2, 0.25) is 0 Å². The van der Waals surface area contributed by atoms with Crippen LogP contribution < -0.4 is 26.2 Å². The average Bonchev–Trinajstić information content (AvgIpc) is 3.56. The molecule has 5 rings (SSSR count). The molecule has 0 atom stereocenters. The van der Waals surface area contributed by atoms with Gasteiger partial charge in [0.05, 0.1) is 19.1 Å². The summed E-state index contributed by atoms with van der Waals surface area (Å²) in [6.07, 6.45) is 12.9. The minimum atomic E-state index is 0.538. The molecule has 0 radical (unpaired) electrons. The number of hydrogen-bond donors (Lipinski definition) is 4. The number of imidazole rings is 1. The molecule has 37 heavy (non-hydrogen) atoms.